The van der Waals surface area contributed by atoms with Gasteiger partial charge in [-0.3, -0.25) is 0 Å². The first-order valence-electron chi connectivity index (χ1n) is 5.21. The highest BCUT2D eigenvalue weighted by molar-refractivity contribution is 4.91. The number of hydrogen-bond donors (Lipinski definition) is 2. The second kappa shape index (κ2) is 3.35. The smallest absolute Gasteiger partial charge is 0.00965 e. The van der Waals surface area contributed by atoms with Gasteiger partial charge in [0.05, 0.1) is 0 Å². The van der Waals surface area contributed by atoms with Gasteiger partial charge >= 0.3 is 0 Å². The second-order valence-electron chi connectivity index (χ2n) is 4.62. The Labute approximate surface area is 75.1 Å². The third-order valence-electron chi connectivity index (χ3n) is 3.43. The lowest BCUT2D eigenvalue weighted by Crippen LogP contribution is -2.47. The second-order valence-corrected chi connectivity index (χ2v) is 4.62. The Bertz CT molecular complexity index is 154. The summed E-state index contributed by atoms with van der Waals surface area (Å²) >= 11 is 0. The van der Waals surface area contributed by atoms with Crippen LogP contribution in [0.15, 0.2) is 0 Å². The maximum Gasteiger partial charge on any atom is 0.00965 e. The molecule has 1 saturated carbocycles. The first-order valence-corrected chi connectivity index (χ1v) is 5.21. The molecule has 0 radical (unpaired) electrons. The van der Waals surface area contributed by atoms with Crippen LogP contribution in [0.5, 0.6) is 0 Å². The van der Waals surface area contributed by atoms with Crippen LogP contribution < -0.4 is 10.6 Å². The average molecular weight is 168 g/mol. The normalized spacial score (nSPS) is 37.5. The monoisotopic (exact) mass is 168 g/mol. The lowest BCUT2D eigenvalue weighted by molar-refractivity contribution is 0.242. The van der Waals surface area contributed by atoms with Crippen LogP contribution in [0.1, 0.15) is 20.3 Å². The Hall–Kier alpha value is -0.0800. The van der Waals surface area contributed by atoms with Gasteiger partial charge in [-0.15, -0.1) is 0 Å². The largest absolute Gasteiger partial charge is 0.316 e. The van der Waals surface area contributed by atoms with Crippen molar-refractivity contribution in [2.45, 2.75) is 26.3 Å². The highest BCUT2D eigenvalue weighted by atomic mass is 15.0. The minimum atomic E-state index is 0.848. The molecule has 2 N–H and O–H groups in total. The molecule has 0 bridgehead atoms. The molecule has 2 aliphatic rings. The van der Waals surface area contributed by atoms with Crippen LogP contribution in [0.4, 0.5) is 0 Å². The summed E-state index contributed by atoms with van der Waals surface area (Å²) in [7, 11) is 0. The van der Waals surface area contributed by atoms with Crippen molar-refractivity contribution in [2.75, 3.05) is 19.6 Å². The van der Waals surface area contributed by atoms with E-state index in [1.165, 1.54) is 26.1 Å². The zero-order valence-electron chi connectivity index (χ0n) is 8.14. The van der Waals surface area contributed by atoms with Crippen molar-refractivity contribution in [1.82, 2.24) is 10.6 Å². The van der Waals surface area contributed by atoms with E-state index in [1.54, 1.807) is 0 Å². The molecule has 2 heteroatoms. The van der Waals surface area contributed by atoms with Crippen molar-refractivity contribution in [3.8, 4) is 0 Å². The molecule has 3 unspecified atom stereocenters. The van der Waals surface area contributed by atoms with E-state index < -0.39 is 0 Å². The molecule has 1 aliphatic heterocycles. The molecule has 2 nitrogen and oxygen atoms in total. The third kappa shape index (κ3) is 1.80. The number of hydrogen-bond acceptors (Lipinski definition) is 2. The van der Waals surface area contributed by atoms with E-state index in [0.29, 0.717) is 0 Å². The summed E-state index contributed by atoms with van der Waals surface area (Å²) in [6.45, 7) is 8.40. The zero-order chi connectivity index (χ0) is 8.55. The Kier molecular flexibility index (Phi) is 2.37. The topological polar surface area (TPSA) is 24.1 Å². The molecule has 2 rings (SSSR count). The van der Waals surface area contributed by atoms with E-state index in [-0.39, 0.29) is 0 Å². The summed E-state index contributed by atoms with van der Waals surface area (Å²) < 4.78 is 0. The van der Waals surface area contributed by atoms with Crippen molar-refractivity contribution in [3.63, 3.8) is 0 Å². The van der Waals surface area contributed by atoms with E-state index >= 15 is 0 Å². The first-order chi connectivity index (χ1) is 5.77. The predicted octanol–water partition coefficient (Wildman–Crippen LogP) is 0.840. The molecule has 1 saturated heterocycles. The van der Waals surface area contributed by atoms with Crippen molar-refractivity contribution in [2.24, 2.45) is 17.8 Å². The van der Waals surface area contributed by atoms with Gasteiger partial charge in [0.15, 0.2) is 0 Å². The van der Waals surface area contributed by atoms with Crippen molar-refractivity contribution in [3.05, 3.63) is 0 Å². The molecule has 0 aromatic carbocycles. The van der Waals surface area contributed by atoms with Crippen molar-refractivity contribution < 1.29 is 0 Å². The molecular formula is C10H20N2. The van der Waals surface area contributed by atoms with E-state index in [1.807, 2.05) is 0 Å². The highest BCUT2D eigenvalue weighted by Gasteiger charge is 2.33. The molecule has 1 aliphatic carbocycles. The quantitative estimate of drug-likeness (QED) is 0.650. The fourth-order valence-corrected chi connectivity index (χ4v) is 1.82. The summed E-state index contributed by atoms with van der Waals surface area (Å²) in [5.41, 5.74) is 0. The van der Waals surface area contributed by atoms with E-state index in [0.717, 1.165) is 23.8 Å². The SMILES string of the molecule is CC(CNC1CC1C)C1CNC1. The lowest BCUT2D eigenvalue weighted by atomic mass is 9.89. The van der Waals surface area contributed by atoms with Crippen LogP contribution in [0.3, 0.4) is 0 Å². The molecule has 1 heterocycles. The van der Waals surface area contributed by atoms with Crippen LogP contribution in [0.2, 0.25) is 0 Å². The maximum absolute atomic E-state index is 3.63. The minimum Gasteiger partial charge on any atom is -0.316 e. The fourth-order valence-electron chi connectivity index (χ4n) is 1.82. The molecule has 70 valence electrons. The van der Waals surface area contributed by atoms with E-state index in [2.05, 4.69) is 24.5 Å². The van der Waals surface area contributed by atoms with Gasteiger partial charge in [-0.25, -0.2) is 0 Å². The molecule has 0 amide bonds. The first kappa shape index (κ1) is 8.52. The van der Waals surface area contributed by atoms with Crippen LogP contribution in [0.25, 0.3) is 0 Å². The Morgan fingerprint density at radius 2 is 2.17 bits per heavy atom. The predicted molar refractivity (Wildman–Crippen MR) is 51.1 cm³/mol. The van der Waals surface area contributed by atoms with Gasteiger partial charge in [0.2, 0.25) is 0 Å². The Balaban J connectivity index is 1.59. The van der Waals surface area contributed by atoms with E-state index in [4.69, 9.17) is 0 Å². The Morgan fingerprint density at radius 1 is 1.50 bits per heavy atom. The van der Waals surface area contributed by atoms with Gasteiger partial charge in [-0.1, -0.05) is 13.8 Å². The standard InChI is InChI=1S/C10H20N2/c1-7-3-10(7)12-4-8(2)9-5-11-6-9/h7-12H,3-6H2,1-2H3. The zero-order valence-corrected chi connectivity index (χ0v) is 8.14. The Morgan fingerprint density at radius 3 is 2.58 bits per heavy atom. The van der Waals surface area contributed by atoms with Gasteiger partial charge in [-0.05, 0) is 43.8 Å². The van der Waals surface area contributed by atoms with Crippen LogP contribution in [0, 0.1) is 17.8 Å². The van der Waals surface area contributed by atoms with Gasteiger partial charge in [-0.2, -0.15) is 0 Å². The van der Waals surface area contributed by atoms with Crippen molar-refractivity contribution >= 4 is 0 Å². The summed E-state index contributed by atoms with van der Waals surface area (Å²) in [6.07, 6.45) is 1.40. The summed E-state index contributed by atoms with van der Waals surface area (Å²) in [5, 5.41) is 6.95. The molecule has 3 atom stereocenters. The molecule has 12 heavy (non-hydrogen) atoms. The summed E-state index contributed by atoms with van der Waals surface area (Å²) in [5.74, 6) is 2.74. The van der Waals surface area contributed by atoms with Crippen LogP contribution >= 0.6 is 0 Å². The van der Waals surface area contributed by atoms with Crippen LogP contribution in [-0.4, -0.2) is 25.7 Å². The van der Waals surface area contributed by atoms with Gasteiger partial charge in [0.25, 0.3) is 0 Å². The molecular weight excluding hydrogens is 148 g/mol. The molecule has 0 aromatic rings. The van der Waals surface area contributed by atoms with Crippen molar-refractivity contribution in [1.29, 1.82) is 0 Å². The minimum absolute atomic E-state index is 0.848. The summed E-state index contributed by atoms with van der Waals surface area (Å²) in [4.78, 5) is 0. The van der Waals surface area contributed by atoms with Gasteiger partial charge < -0.3 is 10.6 Å². The van der Waals surface area contributed by atoms with Gasteiger partial charge in [0, 0.05) is 6.04 Å². The molecule has 0 aromatic heterocycles. The highest BCUT2D eigenvalue weighted by Crippen LogP contribution is 2.29. The lowest BCUT2D eigenvalue weighted by Gasteiger charge is -2.32. The van der Waals surface area contributed by atoms with Gasteiger partial charge in [0.1, 0.15) is 0 Å². The van der Waals surface area contributed by atoms with Crippen LogP contribution in [-0.2, 0) is 0 Å². The van der Waals surface area contributed by atoms with E-state index in [9.17, 15) is 0 Å². The molecule has 0 spiro atoms. The number of rotatable bonds is 4. The number of nitrogens with one attached hydrogen (secondary N) is 2. The molecule has 2 fully saturated rings. The maximum atomic E-state index is 3.63. The fraction of sp³-hybridized carbons (Fsp3) is 1.00. The third-order valence-corrected chi connectivity index (χ3v) is 3.43. The average Bonchev–Trinajstić information content (AvgIpc) is 2.58. The summed E-state index contributed by atoms with van der Waals surface area (Å²) in [6, 6.07) is 0.848.